The van der Waals surface area contributed by atoms with Gasteiger partial charge in [-0.25, -0.2) is 19.8 Å². The largest absolute Gasteiger partial charge is 0.493 e. The maximum atomic E-state index is 12.6. The van der Waals surface area contributed by atoms with Crippen LogP contribution in [0.25, 0.3) is 10.8 Å². The first kappa shape index (κ1) is 32.3. The molecule has 0 saturated heterocycles. The van der Waals surface area contributed by atoms with Crippen LogP contribution in [0, 0.1) is 0 Å². The molecule has 1 aliphatic heterocycles. The maximum Gasteiger partial charge on any atom is 0.344 e. The third-order valence-electron chi connectivity index (χ3n) is 6.61. The van der Waals surface area contributed by atoms with Gasteiger partial charge in [0.15, 0.2) is 24.7 Å². The molecule has 1 aliphatic rings. The van der Waals surface area contributed by atoms with Crippen LogP contribution in [0.4, 0.5) is 4.79 Å². The summed E-state index contributed by atoms with van der Waals surface area (Å²) < 4.78 is 26.9. The zero-order valence-corrected chi connectivity index (χ0v) is 25.3. The Balaban J connectivity index is 1.45. The van der Waals surface area contributed by atoms with Gasteiger partial charge in [-0.1, -0.05) is 36.4 Å². The lowest BCUT2D eigenvalue weighted by Gasteiger charge is -2.28. The number of methoxy groups -OCH3 is 1. The number of allylic oxidation sites excluding steroid dienone is 1. The van der Waals surface area contributed by atoms with Gasteiger partial charge in [-0.2, -0.15) is 5.10 Å². The molecule has 3 aromatic rings. The van der Waals surface area contributed by atoms with Crippen LogP contribution in [-0.2, 0) is 23.9 Å². The molecule has 0 aliphatic carbocycles. The van der Waals surface area contributed by atoms with E-state index in [9.17, 15) is 19.2 Å². The summed E-state index contributed by atoms with van der Waals surface area (Å²) in [6.45, 7) is 4.75. The Morgan fingerprint density at radius 3 is 2.42 bits per heavy atom. The minimum absolute atomic E-state index is 0.171. The summed E-state index contributed by atoms with van der Waals surface area (Å²) in [5, 5.41) is 11.1. The normalized spacial score (nSPS) is 14.4. The SMILES string of the molecule is CCOC(=O)COc1ccc2ccccc2c1/C=N/NC(=O)COc1ccc([C@H]2NC(=O)NC(C)=C2C(=O)OCC)cc1OC. The average molecular weight is 619 g/mol. The molecule has 0 aromatic heterocycles. The number of carbonyl (C=O) groups excluding carboxylic acids is 4. The summed E-state index contributed by atoms with van der Waals surface area (Å²) in [4.78, 5) is 49.2. The van der Waals surface area contributed by atoms with Crippen LogP contribution in [0.5, 0.6) is 17.2 Å². The van der Waals surface area contributed by atoms with E-state index in [0.29, 0.717) is 22.6 Å². The second-order valence-corrected chi connectivity index (χ2v) is 9.57. The minimum Gasteiger partial charge on any atom is -0.493 e. The number of esters is 2. The predicted molar refractivity (Wildman–Crippen MR) is 164 cm³/mol. The van der Waals surface area contributed by atoms with Gasteiger partial charge in [0.1, 0.15) is 5.75 Å². The molecular formula is C32H34N4O9. The molecule has 1 heterocycles. The second kappa shape index (κ2) is 15.2. The monoisotopic (exact) mass is 618 g/mol. The first-order valence-corrected chi connectivity index (χ1v) is 14.1. The highest BCUT2D eigenvalue weighted by atomic mass is 16.6. The van der Waals surface area contributed by atoms with Crippen molar-refractivity contribution < 1.29 is 42.9 Å². The lowest BCUT2D eigenvalue weighted by molar-refractivity contribution is -0.145. The standard InChI is InChI=1S/C32H34N4O9/c1-5-42-28(38)18-45-24-13-11-20-9-7-8-10-22(20)23(24)16-33-36-27(37)17-44-25-14-12-21(15-26(25)41-4)30-29(31(39)43-6-2)19(3)34-32(40)35-30/h7-16,30H,5-6,17-18H2,1-4H3,(H,36,37)(H2,34,35,40)/b33-16+/t30-/m1/s1. The topological polar surface area (TPSA) is 163 Å². The van der Waals surface area contributed by atoms with Gasteiger partial charge in [0, 0.05) is 11.3 Å². The van der Waals surface area contributed by atoms with Crippen molar-refractivity contribution >= 4 is 40.9 Å². The quantitative estimate of drug-likeness (QED) is 0.148. The van der Waals surface area contributed by atoms with Crippen molar-refractivity contribution in [1.29, 1.82) is 0 Å². The molecule has 0 saturated carbocycles. The van der Waals surface area contributed by atoms with Gasteiger partial charge in [-0.15, -0.1) is 0 Å². The molecule has 1 atom stereocenters. The number of nitrogens with one attached hydrogen (secondary N) is 3. The van der Waals surface area contributed by atoms with Crippen molar-refractivity contribution in [3.05, 3.63) is 77.0 Å². The molecule has 0 fully saturated rings. The van der Waals surface area contributed by atoms with Crippen molar-refractivity contribution in [2.45, 2.75) is 26.8 Å². The Labute approximate surface area is 259 Å². The number of rotatable bonds is 13. The lowest BCUT2D eigenvalue weighted by Crippen LogP contribution is -2.45. The molecule has 4 rings (SSSR count). The number of hydrogen-bond donors (Lipinski definition) is 3. The van der Waals surface area contributed by atoms with Gasteiger partial charge in [-0.05, 0) is 55.3 Å². The minimum atomic E-state index is -0.793. The fourth-order valence-corrected chi connectivity index (χ4v) is 4.62. The molecular weight excluding hydrogens is 584 g/mol. The van der Waals surface area contributed by atoms with Crippen LogP contribution in [0.15, 0.2) is 71.0 Å². The molecule has 13 heteroatoms. The van der Waals surface area contributed by atoms with Gasteiger partial charge in [0.25, 0.3) is 5.91 Å². The Hall–Kier alpha value is -5.59. The number of ether oxygens (including phenoxy) is 5. The number of urea groups is 1. The van der Waals surface area contributed by atoms with E-state index in [1.54, 1.807) is 45.0 Å². The maximum absolute atomic E-state index is 12.6. The van der Waals surface area contributed by atoms with Crippen LogP contribution in [0.1, 0.15) is 37.9 Å². The number of nitrogens with zero attached hydrogens (tertiary/aromatic N) is 1. The van der Waals surface area contributed by atoms with E-state index in [1.165, 1.54) is 13.3 Å². The van der Waals surface area contributed by atoms with Crippen LogP contribution in [-0.4, -0.2) is 63.6 Å². The molecule has 3 amide bonds. The number of hydrazone groups is 1. The van der Waals surface area contributed by atoms with E-state index in [2.05, 4.69) is 21.2 Å². The number of fused-ring (bicyclic) bond motifs is 1. The van der Waals surface area contributed by atoms with Gasteiger partial charge >= 0.3 is 18.0 Å². The highest BCUT2D eigenvalue weighted by Gasteiger charge is 2.32. The average Bonchev–Trinajstić information content (AvgIpc) is 3.03. The predicted octanol–water partition coefficient (Wildman–Crippen LogP) is 3.51. The third-order valence-corrected chi connectivity index (χ3v) is 6.61. The first-order chi connectivity index (χ1) is 21.7. The lowest BCUT2D eigenvalue weighted by atomic mass is 9.95. The zero-order valence-electron chi connectivity index (χ0n) is 25.3. The summed E-state index contributed by atoms with van der Waals surface area (Å²) in [5.41, 5.74) is 4.16. The highest BCUT2D eigenvalue weighted by molar-refractivity contribution is 6.02. The van der Waals surface area contributed by atoms with Crippen molar-refractivity contribution in [3.63, 3.8) is 0 Å². The summed E-state index contributed by atoms with van der Waals surface area (Å²) in [6, 6.07) is 14.7. The van der Waals surface area contributed by atoms with E-state index >= 15 is 0 Å². The van der Waals surface area contributed by atoms with Gasteiger partial charge in [0.2, 0.25) is 0 Å². The molecule has 3 aromatic carbocycles. The zero-order chi connectivity index (χ0) is 32.3. The molecule has 0 spiro atoms. The summed E-state index contributed by atoms with van der Waals surface area (Å²) in [7, 11) is 1.43. The highest BCUT2D eigenvalue weighted by Crippen LogP contribution is 2.34. The fourth-order valence-electron chi connectivity index (χ4n) is 4.62. The molecule has 13 nitrogen and oxygen atoms in total. The summed E-state index contributed by atoms with van der Waals surface area (Å²) in [6.07, 6.45) is 1.43. The van der Waals surface area contributed by atoms with E-state index in [1.807, 2.05) is 30.3 Å². The molecule has 0 unspecified atom stereocenters. The van der Waals surface area contributed by atoms with Crippen molar-refractivity contribution in [2.24, 2.45) is 5.10 Å². The van der Waals surface area contributed by atoms with Crippen LogP contribution >= 0.6 is 0 Å². The molecule has 45 heavy (non-hydrogen) atoms. The van der Waals surface area contributed by atoms with E-state index in [4.69, 9.17) is 23.7 Å². The van der Waals surface area contributed by atoms with E-state index in [-0.39, 0.29) is 36.9 Å². The van der Waals surface area contributed by atoms with Crippen LogP contribution in [0.3, 0.4) is 0 Å². The van der Waals surface area contributed by atoms with E-state index in [0.717, 1.165) is 10.8 Å². The third kappa shape index (κ3) is 8.07. The fraction of sp³-hybridized carbons (Fsp3) is 0.281. The van der Waals surface area contributed by atoms with E-state index < -0.39 is 36.5 Å². The molecule has 0 bridgehead atoms. The number of hydrogen-bond acceptors (Lipinski definition) is 10. The van der Waals surface area contributed by atoms with Crippen molar-refractivity contribution in [2.75, 3.05) is 33.5 Å². The van der Waals surface area contributed by atoms with Crippen molar-refractivity contribution in [1.82, 2.24) is 16.1 Å². The van der Waals surface area contributed by atoms with Gasteiger partial charge in [0.05, 0.1) is 38.2 Å². The number of amides is 3. The second-order valence-electron chi connectivity index (χ2n) is 9.57. The summed E-state index contributed by atoms with van der Waals surface area (Å²) >= 11 is 0. The Morgan fingerprint density at radius 1 is 0.933 bits per heavy atom. The Bertz CT molecular complexity index is 1650. The number of carbonyl (C=O) groups is 4. The summed E-state index contributed by atoms with van der Waals surface area (Å²) in [5.74, 6) is -0.708. The van der Waals surface area contributed by atoms with Crippen molar-refractivity contribution in [3.8, 4) is 17.2 Å². The van der Waals surface area contributed by atoms with Crippen LogP contribution < -0.4 is 30.3 Å². The molecule has 3 N–H and O–H groups in total. The van der Waals surface area contributed by atoms with Crippen LogP contribution in [0.2, 0.25) is 0 Å². The molecule has 0 radical (unpaired) electrons. The van der Waals surface area contributed by atoms with Gasteiger partial charge in [-0.3, -0.25) is 4.79 Å². The smallest absolute Gasteiger partial charge is 0.344 e. The Kier molecular flexibility index (Phi) is 10.9. The first-order valence-electron chi connectivity index (χ1n) is 14.1. The number of benzene rings is 3. The molecule has 236 valence electrons. The Morgan fingerprint density at radius 2 is 1.67 bits per heavy atom. The van der Waals surface area contributed by atoms with Gasteiger partial charge < -0.3 is 34.3 Å².